The number of halogens is 6. The summed E-state index contributed by atoms with van der Waals surface area (Å²) in [7, 11) is 1.23. The number of methoxy groups -OCH3 is 1. The average molecular weight is 608 g/mol. The van der Waals surface area contributed by atoms with E-state index in [9.17, 15) is 45.8 Å². The molecule has 2 aromatic rings. The lowest BCUT2D eigenvalue weighted by Crippen LogP contribution is -2.53. The second kappa shape index (κ2) is 10.6. The Kier molecular flexibility index (Phi) is 7.93. The van der Waals surface area contributed by atoms with Gasteiger partial charge in [-0.3, -0.25) is 14.4 Å². The molecule has 2 heterocycles. The van der Waals surface area contributed by atoms with Crippen LogP contribution in [0.1, 0.15) is 64.0 Å². The maximum atomic E-state index is 13.5. The molecular weight excluding hydrogens is 580 g/mol. The van der Waals surface area contributed by atoms with E-state index in [0.29, 0.717) is 31.5 Å². The fourth-order valence-corrected chi connectivity index (χ4v) is 5.96. The number of alkyl halides is 6. The second-order valence-electron chi connectivity index (χ2n) is 10.4. The Balaban J connectivity index is 1.74. The molecule has 0 spiro atoms. The molecule has 8 nitrogen and oxygen atoms in total. The van der Waals surface area contributed by atoms with Gasteiger partial charge in [-0.25, -0.2) is 4.98 Å². The van der Waals surface area contributed by atoms with E-state index in [-0.39, 0.29) is 39.3 Å². The molecule has 1 aliphatic heterocycles. The summed E-state index contributed by atoms with van der Waals surface area (Å²) >= 11 is 0.739. The summed E-state index contributed by atoms with van der Waals surface area (Å²) in [6.07, 6.45) is -9.68. The van der Waals surface area contributed by atoms with Crippen molar-refractivity contribution in [2.75, 3.05) is 20.2 Å². The van der Waals surface area contributed by atoms with Gasteiger partial charge in [0.25, 0.3) is 17.4 Å². The molecule has 4 rings (SSSR count). The lowest BCUT2D eigenvalue weighted by Gasteiger charge is -2.33. The molecule has 0 unspecified atom stereocenters. The largest absolute Gasteiger partial charge is 0.469 e. The summed E-state index contributed by atoms with van der Waals surface area (Å²) in [5.41, 5.74) is -7.64. The van der Waals surface area contributed by atoms with E-state index in [4.69, 9.17) is 4.74 Å². The fraction of sp³-hybridized carbons (Fsp3) is 0.538. The van der Waals surface area contributed by atoms with Gasteiger partial charge in [0.05, 0.1) is 17.4 Å². The number of nitrogens with one attached hydrogen (secondary N) is 1. The molecule has 0 radical (unpaired) electrons. The minimum absolute atomic E-state index is 0.0406. The van der Waals surface area contributed by atoms with Gasteiger partial charge in [0.2, 0.25) is 0 Å². The van der Waals surface area contributed by atoms with Gasteiger partial charge < -0.3 is 20.1 Å². The van der Waals surface area contributed by atoms with Gasteiger partial charge in [-0.15, -0.1) is 11.3 Å². The summed E-state index contributed by atoms with van der Waals surface area (Å²) in [6.45, 7) is 3.41. The number of carbonyl (C=O) groups excluding carboxylic acids is 3. The molecule has 2 N–H and O–H groups in total. The highest BCUT2D eigenvalue weighted by Crippen LogP contribution is 2.51. The van der Waals surface area contributed by atoms with Gasteiger partial charge in [-0.2, -0.15) is 26.3 Å². The Bertz CT molecular complexity index is 1350. The minimum Gasteiger partial charge on any atom is -0.469 e. The van der Waals surface area contributed by atoms with Crippen LogP contribution in [0.25, 0.3) is 10.4 Å². The van der Waals surface area contributed by atoms with Crippen LogP contribution in [-0.2, 0) is 15.1 Å². The Labute approximate surface area is 234 Å². The first-order chi connectivity index (χ1) is 19.0. The highest BCUT2D eigenvalue weighted by Gasteiger charge is 2.71. The van der Waals surface area contributed by atoms with Crippen molar-refractivity contribution in [3.8, 4) is 10.4 Å². The first-order valence-electron chi connectivity index (χ1n) is 12.6. The molecule has 2 aliphatic rings. The topological polar surface area (TPSA) is 109 Å². The number of nitrogens with zero attached hydrogens (tertiary/aromatic N) is 2. The smallest absolute Gasteiger partial charge is 0.430 e. The molecule has 15 heteroatoms. The fourth-order valence-electron chi connectivity index (χ4n) is 4.89. The zero-order chi connectivity index (χ0) is 30.5. The van der Waals surface area contributed by atoms with E-state index in [2.05, 4.69) is 10.3 Å². The number of rotatable bonds is 7. The number of amides is 2. The van der Waals surface area contributed by atoms with Crippen LogP contribution < -0.4 is 5.32 Å². The van der Waals surface area contributed by atoms with Crippen LogP contribution in [-0.4, -0.2) is 71.4 Å². The van der Waals surface area contributed by atoms with Crippen LogP contribution in [0.2, 0.25) is 0 Å². The predicted molar refractivity (Wildman–Crippen MR) is 134 cm³/mol. The number of benzene rings is 1. The quantitative estimate of drug-likeness (QED) is 0.348. The molecule has 2 amide bonds. The monoisotopic (exact) mass is 607 g/mol. The van der Waals surface area contributed by atoms with Gasteiger partial charge in [-0.05, 0) is 50.7 Å². The SMILES string of the molecule is COC(=O)C1(CNC(=O)c2nc(C(=O)N3CCC[C@@H]3C)c(-c3ccc(C(O)(C(F)(F)F)C(F)(F)F)cc3C)s2)CC1. The molecule has 1 atom stereocenters. The zero-order valence-electron chi connectivity index (χ0n) is 22.2. The van der Waals surface area contributed by atoms with Crippen molar-refractivity contribution in [3.63, 3.8) is 0 Å². The molecule has 1 saturated carbocycles. The van der Waals surface area contributed by atoms with Gasteiger partial charge in [0.1, 0.15) is 5.69 Å². The van der Waals surface area contributed by atoms with E-state index in [1.54, 1.807) is 0 Å². The molecule has 1 aliphatic carbocycles. The molecule has 1 aromatic heterocycles. The third kappa shape index (κ3) is 5.41. The molecule has 1 saturated heterocycles. The highest BCUT2D eigenvalue weighted by atomic mass is 32.1. The van der Waals surface area contributed by atoms with Gasteiger partial charge in [0, 0.05) is 24.7 Å². The van der Waals surface area contributed by atoms with Crippen LogP contribution in [0.15, 0.2) is 18.2 Å². The summed E-state index contributed by atoms with van der Waals surface area (Å²) in [4.78, 5) is 44.3. The summed E-state index contributed by atoms with van der Waals surface area (Å²) < 4.78 is 85.4. The standard InChI is InChI=1S/C26H27F6N3O5S/c1-13-11-15(24(39,25(27,28)29)26(30,31)32)6-7-16(13)18-17(21(37)35-10-4-5-14(35)2)34-20(41-18)19(36)33-12-23(8-9-23)22(38)40-3/h6-7,11,14,39H,4-5,8-10,12H2,1-3H3,(H,33,36)/t14-/m0/s1. The van der Waals surface area contributed by atoms with Crippen LogP contribution >= 0.6 is 11.3 Å². The first kappa shape index (κ1) is 30.8. The number of thiazole rings is 1. The predicted octanol–water partition coefficient (Wildman–Crippen LogP) is 4.74. The normalized spacial score (nSPS) is 18.8. The van der Waals surface area contributed by atoms with E-state index >= 15 is 0 Å². The van der Waals surface area contributed by atoms with Crippen molar-refractivity contribution in [3.05, 3.63) is 40.0 Å². The van der Waals surface area contributed by atoms with E-state index < -0.39 is 46.7 Å². The molecular formula is C26H27F6N3O5S. The number of esters is 1. The van der Waals surface area contributed by atoms with Crippen LogP contribution in [0, 0.1) is 12.3 Å². The Morgan fingerprint density at radius 1 is 1.17 bits per heavy atom. The van der Waals surface area contributed by atoms with Crippen molar-refractivity contribution < 1.29 is 50.6 Å². The number of aromatic nitrogens is 1. The van der Waals surface area contributed by atoms with Crippen LogP contribution in [0.4, 0.5) is 26.3 Å². The van der Waals surface area contributed by atoms with Crippen molar-refractivity contribution in [2.45, 2.75) is 63.5 Å². The lowest BCUT2D eigenvalue weighted by molar-refractivity contribution is -0.376. The number of ether oxygens (including phenoxy) is 1. The number of aliphatic hydroxyl groups is 1. The zero-order valence-corrected chi connectivity index (χ0v) is 23.0. The van der Waals surface area contributed by atoms with E-state index in [0.717, 1.165) is 30.2 Å². The third-order valence-corrected chi connectivity index (χ3v) is 8.69. The van der Waals surface area contributed by atoms with E-state index in [1.165, 1.54) is 18.9 Å². The maximum absolute atomic E-state index is 13.5. The summed E-state index contributed by atoms with van der Waals surface area (Å²) in [6, 6.07) is 1.82. The van der Waals surface area contributed by atoms with Crippen molar-refractivity contribution in [1.29, 1.82) is 0 Å². The average Bonchev–Trinajstić information content (AvgIpc) is 3.35. The molecule has 224 valence electrons. The summed E-state index contributed by atoms with van der Waals surface area (Å²) in [5.74, 6) is -1.73. The third-order valence-electron chi connectivity index (χ3n) is 7.61. The molecule has 41 heavy (non-hydrogen) atoms. The molecule has 1 aromatic carbocycles. The van der Waals surface area contributed by atoms with Gasteiger partial charge in [-0.1, -0.05) is 18.2 Å². The van der Waals surface area contributed by atoms with E-state index in [1.807, 2.05) is 6.92 Å². The van der Waals surface area contributed by atoms with Crippen molar-refractivity contribution >= 4 is 29.1 Å². The lowest BCUT2D eigenvalue weighted by atomic mass is 9.89. The Hall–Kier alpha value is -3.20. The number of aryl methyl sites for hydroxylation is 1. The van der Waals surface area contributed by atoms with Gasteiger partial charge >= 0.3 is 18.3 Å². The second-order valence-corrected chi connectivity index (χ2v) is 11.4. The molecule has 2 fully saturated rings. The number of carbonyl (C=O) groups is 3. The summed E-state index contributed by atoms with van der Waals surface area (Å²) in [5, 5.41) is 12.2. The Morgan fingerprint density at radius 3 is 2.29 bits per heavy atom. The van der Waals surface area contributed by atoms with Gasteiger partial charge in [0.15, 0.2) is 5.01 Å². The van der Waals surface area contributed by atoms with Crippen molar-refractivity contribution in [2.24, 2.45) is 5.41 Å². The number of likely N-dealkylation sites (tertiary alicyclic amines) is 1. The first-order valence-corrected chi connectivity index (χ1v) is 13.4. The Morgan fingerprint density at radius 2 is 1.80 bits per heavy atom. The highest BCUT2D eigenvalue weighted by molar-refractivity contribution is 7.17. The number of hydrogen-bond acceptors (Lipinski definition) is 7. The number of hydrogen-bond donors (Lipinski definition) is 2. The van der Waals surface area contributed by atoms with Crippen LogP contribution in [0.3, 0.4) is 0 Å². The molecule has 0 bridgehead atoms. The maximum Gasteiger partial charge on any atom is 0.430 e. The van der Waals surface area contributed by atoms with Crippen molar-refractivity contribution in [1.82, 2.24) is 15.2 Å². The van der Waals surface area contributed by atoms with Crippen LogP contribution in [0.5, 0.6) is 0 Å². The minimum atomic E-state index is -6.06.